The number of likely N-dealkylation sites (tertiary alicyclic amines) is 1. The van der Waals surface area contributed by atoms with Crippen LogP contribution in [0.25, 0.3) is 0 Å². The molecule has 5 heteroatoms. The lowest BCUT2D eigenvalue weighted by atomic mass is 9.80. The first-order valence-corrected chi connectivity index (χ1v) is 7.55. The second-order valence-electron chi connectivity index (χ2n) is 5.87. The number of hydrogen-bond donors (Lipinski definition) is 1. The van der Waals surface area contributed by atoms with Crippen molar-refractivity contribution in [2.45, 2.75) is 19.8 Å². The van der Waals surface area contributed by atoms with Crippen LogP contribution in [0.1, 0.15) is 25.3 Å². The molecule has 0 saturated carbocycles. The standard InChI is InChI=1S/C15H19BrFN3/c1-15(5-7-20(2)8-6-15)10-19-12-4-3-11(9-18)13(16)14(12)17/h3-4,19H,5-8,10H2,1-2H3. The molecule has 1 N–H and O–H groups in total. The Kier molecular flexibility index (Phi) is 4.66. The summed E-state index contributed by atoms with van der Waals surface area (Å²) in [6.07, 6.45) is 2.21. The molecule has 1 aromatic carbocycles. The maximum absolute atomic E-state index is 14.1. The van der Waals surface area contributed by atoms with E-state index in [0.29, 0.717) is 11.3 Å². The van der Waals surface area contributed by atoms with Crippen LogP contribution >= 0.6 is 15.9 Å². The molecule has 0 radical (unpaired) electrons. The van der Waals surface area contributed by atoms with Gasteiger partial charge in [0.15, 0.2) is 5.82 Å². The van der Waals surface area contributed by atoms with Gasteiger partial charge in [-0.05, 0) is 66.5 Å². The number of halogens is 2. The van der Waals surface area contributed by atoms with E-state index in [1.807, 2.05) is 6.07 Å². The highest BCUT2D eigenvalue weighted by Gasteiger charge is 2.28. The van der Waals surface area contributed by atoms with Crippen LogP contribution in [0.5, 0.6) is 0 Å². The van der Waals surface area contributed by atoms with Gasteiger partial charge in [-0.25, -0.2) is 4.39 Å². The molecule has 1 heterocycles. The van der Waals surface area contributed by atoms with Gasteiger partial charge in [0.2, 0.25) is 0 Å². The highest BCUT2D eigenvalue weighted by Crippen LogP contribution is 2.32. The van der Waals surface area contributed by atoms with Gasteiger partial charge < -0.3 is 10.2 Å². The maximum Gasteiger partial charge on any atom is 0.161 e. The lowest BCUT2D eigenvalue weighted by molar-refractivity contribution is 0.150. The van der Waals surface area contributed by atoms with Gasteiger partial charge in [-0.1, -0.05) is 6.92 Å². The molecule has 1 aliphatic rings. The fraction of sp³-hybridized carbons (Fsp3) is 0.533. The Balaban J connectivity index is 2.05. The van der Waals surface area contributed by atoms with Crippen LogP contribution in [0, 0.1) is 22.6 Å². The molecule has 3 nitrogen and oxygen atoms in total. The lowest BCUT2D eigenvalue weighted by Gasteiger charge is -2.38. The molecule has 0 bridgehead atoms. The number of benzene rings is 1. The van der Waals surface area contributed by atoms with E-state index < -0.39 is 0 Å². The topological polar surface area (TPSA) is 39.1 Å². The molecule has 1 saturated heterocycles. The zero-order chi connectivity index (χ0) is 14.8. The van der Waals surface area contributed by atoms with Crippen molar-refractivity contribution in [1.29, 1.82) is 5.26 Å². The van der Waals surface area contributed by atoms with Crippen molar-refractivity contribution < 1.29 is 4.39 Å². The summed E-state index contributed by atoms with van der Waals surface area (Å²) in [5, 5.41) is 12.1. The zero-order valence-electron chi connectivity index (χ0n) is 11.8. The van der Waals surface area contributed by atoms with Crippen LogP contribution in [0.3, 0.4) is 0 Å². The van der Waals surface area contributed by atoms with Crippen LogP contribution < -0.4 is 5.32 Å². The summed E-state index contributed by atoms with van der Waals surface area (Å²) in [6, 6.07) is 5.23. The number of piperidine rings is 1. The number of nitrogens with zero attached hydrogens (tertiary/aromatic N) is 2. The van der Waals surface area contributed by atoms with E-state index in [4.69, 9.17) is 5.26 Å². The summed E-state index contributed by atoms with van der Waals surface area (Å²) < 4.78 is 14.4. The fourth-order valence-corrected chi connectivity index (χ4v) is 2.85. The highest BCUT2D eigenvalue weighted by molar-refractivity contribution is 9.10. The molecule has 0 unspecified atom stereocenters. The van der Waals surface area contributed by atoms with Gasteiger partial charge in [0.25, 0.3) is 0 Å². The lowest BCUT2D eigenvalue weighted by Crippen LogP contribution is -2.40. The summed E-state index contributed by atoms with van der Waals surface area (Å²) in [5.41, 5.74) is 0.967. The number of nitrogens with one attached hydrogen (secondary N) is 1. The molecule has 0 spiro atoms. The number of nitriles is 1. The third kappa shape index (κ3) is 3.31. The largest absolute Gasteiger partial charge is 0.382 e. The van der Waals surface area contributed by atoms with Crippen molar-refractivity contribution in [2.75, 3.05) is 32.0 Å². The second kappa shape index (κ2) is 6.11. The molecule has 0 aliphatic carbocycles. The minimum absolute atomic E-state index is 0.194. The van der Waals surface area contributed by atoms with Gasteiger partial charge in [-0.15, -0.1) is 0 Å². The molecule has 108 valence electrons. The van der Waals surface area contributed by atoms with Gasteiger partial charge in [-0.2, -0.15) is 5.26 Å². The van der Waals surface area contributed by atoms with E-state index >= 15 is 0 Å². The molecule has 0 aromatic heterocycles. The normalized spacial score (nSPS) is 18.6. The van der Waals surface area contributed by atoms with Crippen LogP contribution in [0.4, 0.5) is 10.1 Å². The van der Waals surface area contributed by atoms with E-state index in [1.54, 1.807) is 12.1 Å². The number of anilines is 1. The summed E-state index contributed by atoms with van der Waals surface area (Å²) in [6.45, 7) is 5.15. The van der Waals surface area contributed by atoms with Crippen molar-refractivity contribution in [3.8, 4) is 6.07 Å². The Labute approximate surface area is 127 Å². The van der Waals surface area contributed by atoms with Gasteiger partial charge in [0.05, 0.1) is 15.7 Å². The van der Waals surface area contributed by atoms with Crippen molar-refractivity contribution >= 4 is 21.6 Å². The predicted octanol–water partition coefficient (Wildman–Crippen LogP) is 3.60. The zero-order valence-corrected chi connectivity index (χ0v) is 13.4. The first-order chi connectivity index (χ1) is 9.45. The molecule has 1 fully saturated rings. The van der Waals surface area contributed by atoms with Crippen LogP contribution in [-0.4, -0.2) is 31.6 Å². The van der Waals surface area contributed by atoms with E-state index in [0.717, 1.165) is 32.5 Å². The predicted molar refractivity (Wildman–Crippen MR) is 82.1 cm³/mol. The Hall–Kier alpha value is -1.12. The Morgan fingerprint density at radius 1 is 1.45 bits per heavy atom. The first-order valence-electron chi connectivity index (χ1n) is 6.76. The first kappa shape index (κ1) is 15.3. The summed E-state index contributed by atoms with van der Waals surface area (Å²) >= 11 is 3.13. The fourth-order valence-electron chi connectivity index (χ4n) is 2.42. The summed E-state index contributed by atoms with van der Waals surface area (Å²) in [4.78, 5) is 2.32. The Morgan fingerprint density at radius 3 is 2.70 bits per heavy atom. The second-order valence-corrected chi connectivity index (χ2v) is 6.66. The van der Waals surface area contributed by atoms with E-state index in [-0.39, 0.29) is 15.7 Å². The Bertz CT molecular complexity index is 531. The van der Waals surface area contributed by atoms with Crippen LogP contribution in [0.15, 0.2) is 16.6 Å². The quantitative estimate of drug-likeness (QED) is 0.914. The van der Waals surface area contributed by atoms with Crippen molar-refractivity contribution in [3.05, 3.63) is 28.0 Å². The average Bonchev–Trinajstić information content (AvgIpc) is 2.44. The van der Waals surface area contributed by atoms with Crippen molar-refractivity contribution in [3.63, 3.8) is 0 Å². The summed E-state index contributed by atoms with van der Waals surface area (Å²) in [7, 11) is 2.13. The minimum Gasteiger partial charge on any atom is -0.382 e. The third-order valence-electron chi connectivity index (χ3n) is 4.10. The molecule has 20 heavy (non-hydrogen) atoms. The van der Waals surface area contributed by atoms with E-state index in [1.165, 1.54) is 0 Å². The minimum atomic E-state index is -0.388. The van der Waals surface area contributed by atoms with Gasteiger partial charge in [-0.3, -0.25) is 0 Å². The molecule has 0 atom stereocenters. The van der Waals surface area contributed by atoms with E-state index in [9.17, 15) is 4.39 Å². The highest BCUT2D eigenvalue weighted by atomic mass is 79.9. The van der Waals surface area contributed by atoms with Gasteiger partial charge in [0.1, 0.15) is 6.07 Å². The van der Waals surface area contributed by atoms with Crippen molar-refractivity contribution in [1.82, 2.24) is 4.90 Å². The SMILES string of the molecule is CN1CCC(C)(CNc2ccc(C#N)c(Br)c2F)CC1. The molecular weight excluding hydrogens is 321 g/mol. The van der Waals surface area contributed by atoms with Gasteiger partial charge >= 0.3 is 0 Å². The molecule has 1 aliphatic heterocycles. The smallest absolute Gasteiger partial charge is 0.161 e. The maximum atomic E-state index is 14.1. The van der Waals surface area contributed by atoms with Crippen LogP contribution in [0.2, 0.25) is 0 Å². The van der Waals surface area contributed by atoms with Crippen molar-refractivity contribution in [2.24, 2.45) is 5.41 Å². The molecular formula is C15H19BrFN3. The molecule has 1 aromatic rings. The number of rotatable bonds is 3. The van der Waals surface area contributed by atoms with Crippen LogP contribution in [-0.2, 0) is 0 Å². The third-order valence-corrected chi connectivity index (χ3v) is 4.88. The average molecular weight is 340 g/mol. The Morgan fingerprint density at radius 2 is 2.10 bits per heavy atom. The monoisotopic (exact) mass is 339 g/mol. The summed E-state index contributed by atoms with van der Waals surface area (Å²) in [5.74, 6) is -0.388. The van der Waals surface area contributed by atoms with E-state index in [2.05, 4.69) is 40.1 Å². The molecule has 2 rings (SSSR count). The molecule has 0 amide bonds. The van der Waals surface area contributed by atoms with Gasteiger partial charge in [0, 0.05) is 6.54 Å². The number of hydrogen-bond acceptors (Lipinski definition) is 3.